The fourth-order valence-electron chi connectivity index (χ4n) is 1.73. The fraction of sp³-hybridized carbons (Fsp3) is 0.143. The number of nitrogens with one attached hydrogen (secondary N) is 2. The van der Waals surface area contributed by atoms with Crippen LogP contribution in [0.4, 0.5) is 17.2 Å². The first kappa shape index (κ1) is 15.8. The number of anilines is 3. The summed E-state index contributed by atoms with van der Waals surface area (Å²) in [5.41, 5.74) is 1.77. The highest BCUT2D eigenvalue weighted by Crippen LogP contribution is 2.18. The van der Waals surface area contributed by atoms with Crippen molar-refractivity contribution in [1.29, 1.82) is 0 Å². The maximum absolute atomic E-state index is 11.5. The topological polar surface area (TPSA) is 97.4 Å². The number of hydrogen-bond donors (Lipinski definition) is 2. The third-order valence-corrected chi connectivity index (χ3v) is 3.21. The van der Waals surface area contributed by atoms with Crippen molar-refractivity contribution >= 4 is 33.2 Å². The molecule has 8 heteroatoms. The van der Waals surface area contributed by atoms with Crippen LogP contribution in [0.1, 0.15) is 10.4 Å². The smallest absolute Gasteiger partial charge is 0.337 e. The molecule has 0 aliphatic carbocycles. The number of rotatable bonds is 5. The van der Waals surface area contributed by atoms with Gasteiger partial charge in [-0.15, -0.1) is 0 Å². The lowest BCUT2D eigenvalue weighted by atomic mass is 10.2. The van der Waals surface area contributed by atoms with E-state index in [9.17, 15) is 13.2 Å². The zero-order chi connectivity index (χ0) is 16.2. The zero-order valence-corrected chi connectivity index (χ0v) is 12.8. The third-order valence-electron chi connectivity index (χ3n) is 2.63. The predicted molar refractivity (Wildman–Crippen MR) is 83.8 cm³/mol. The van der Waals surface area contributed by atoms with Gasteiger partial charge in [0.25, 0.3) is 0 Å². The maximum Gasteiger partial charge on any atom is 0.337 e. The lowest BCUT2D eigenvalue weighted by Gasteiger charge is -2.08. The van der Waals surface area contributed by atoms with E-state index in [2.05, 4.69) is 19.8 Å². The van der Waals surface area contributed by atoms with Gasteiger partial charge >= 0.3 is 5.97 Å². The van der Waals surface area contributed by atoms with E-state index in [1.165, 1.54) is 19.4 Å². The fourth-order valence-corrected chi connectivity index (χ4v) is 2.23. The van der Waals surface area contributed by atoms with Crippen molar-refractivity contribution in [3.63, 3.8) is 0 Å². The minimum Gasteiger partial charge on any atom is -0.465 e. The molecule has 0 aliphatic heterocycles. The second-order valence-electron chi connectivity index (χ2n) is 4.50. The van der Waals surface area contributed by atoms with Crippen molar-refractivity contribution in [2.24, 2.45) is 0 Å². The molecule has 0 unspecified atom stereocenters. The van der Waals surface area contributed by atoms with Gasteiger partial charge in [0.1, 0.15) is 5.82 Å². The molecule has 22 heavy (non-hydrogen) atoms. The van der Waals surface area contributed by atoms with E-state index in [0.717, 1.165) is 6.26 Å². The summed E-state index contributed by atoms with van der Waals surface area (Å²) >= 11 is 0. The molecule has 0 saturated carbocycles. The van der Waals surface area contributed by atoms with Crippen LogP contribution in [0.25, 0.3) is 0 Å². The molecule has 1 aromatic carbocycles. The van der Waals surface area contributed by atoms with Gasteiger partial charge in [0, 0.05) is 5.69 Å². The predicted octanol–water partition coefficient (Wildman–Crippen LogP) is 1.98. The number of methoxy groups -OCH3 is 1. The molecule has 0 spiro atoms. The molecule has 0 amide bonds. The average Bonchev–Trinajstić information content (AvgIpc) is 2.47. The molecule has 0 saturated heterocycles. The Hall–Kier alpha value is -2.61. The van der Waals surface area contributed by atoms with Crippen molar-refractivity contribution < 1.29 is 17.9 Å². The van der Waals surface area contributed by atoms with Gasteiger partial charge in [0.2, 0.25) is 10.0 Å². The van der Waals surface area contributed by atoms with Gasteiger partial charge < -0.3 is 10.1 Å². The van der Waals surface area contributed by atoms with E-state index in [4.69, 9.17) is 0 Å². The summed E-state index contributed by atoms with van der Waals surface area (Å²) in [6.07, 6.45) is 2.54. The van der Waals surface area contributed by atoms with E-state index < -0.39 is 16.0 Å². The number of ether oxygens (including phenoxy) is 1. The number of esters is 1. The number of carbonyl (C=O) groups is 1. The minimum absolute atomic E-state index is 0.233. The van der Waals surface area contributed by atoms with Crippen molar-refractivity contribution in [2.45, 2.75) is 0 Å². The summed E-state index contributed by atoms with van der Waals surface area (Å²) in [7, 11) is -2.03. The summed E-state index contributed by atoms with van der Waals surface area (Å²) in [6.45, 7) is 0. The molecule has 2 rings (SSSR count). The molecule has 116 valence electrons. The molecule has 0 bridgehead atoms. The summed E-state index contributed by atoms with van der Waals surface area (Å²) in [5, 5.41) is 3.07. The molecular weight excluding hydrogens is 306 g/mol. The molecule has 2 N–H and O–H groups in total. The van der Waals surface area contributed by atoms with Crippen LogP contribution in [-0.2, 0) is 14.8 Å². The van der Waals surface area contributed by atoms with Crippen molar-refractivity contribution in [3.05, 3.63) is 48.2 Å². The lowest BCUT2D eigenvalue weighted by molar-refractivity contribution is 0.0601. The van der Waals surface area contributed by atoms with Crippen LogP contribution in [-0.4, -0.2) is 32.7 Å². The van der Waals surface area contributed by atoms with Crippen molar-refractivity contribution in [2.75, 3.05) is 23.4 Å². The maximum atomic E-state index is 11.5. The van der Waals surface area contributed by atoms with Crippen molar-refractivity contribution in [1.82, 2.24) is 4.98 Å². The van der Waals surface area contributed by atoms with Crippen molar-refractivity contribution in [3.8, 4) is 0 Å². The first-order valence-electron chi connectivity index (χ1n) is 6.26. The molecule has 1 heterocycles. The number of nitrogens with zero attached hydrogens (tertiary/aromatic N) is 1. The Kier molecular flexibility index (Phi) is 4.62. The Morgan fingerprint density at radius 2 is 1.95 bits per heavy atom. The van der Waals surface area contributed by atoms with Crippen LogP contribution in [0.15, 0.2) is 42.6 Å². The normalized spacial score (nSPS) is 10.8. The Labute approximate surface area is 128 Å². The Bertz CT molecular complexity index is 773. The summed E-state index contributed by atoms with van der Waals surface area (Å²) in [5.74, 6) is -0.189. The molecule has 0 atom stereocenters. The number of pyridine rings is 1. The molecule has 0 aliphatic rings. The second kappa shape index (κ2) is 6.44. The highest BCUT2D eigenvalue weighted by Gasteiger charge is 2.06. The first-order chi connectivity index (χ1) is 10.4. The molecule has 2 aromatic rings. The molecular formula is C14H15N3O4S. The van der Waals surface area contributed by atoms with Gasteiger partial charge in [-0.05, 0) is 30.3 Å². The van der Waals surface area contributed by atoms with Crippen LogP contribution in [0.3, 0.4) is 0 Å². The van der Waals surface area contributed by atoms with Crippen LogP contribution in [0.2, 0.25) is 0 Å². The molecule has 0 radical (unpaired) electrons. The third kappa shape index (κ3) is 4.45. The Morgan fingerprint density at radius 3 is 2.55 bits per heavy atom. The van der Waals surface area contributed by atoms with E-state index in [1.807, 2.05) is 0 Å². The largest absolute Gasteiger partial charge is 0.465 e. The Balaban J connectivity index is 2.12. The number of hydrogen-bond acceptors (Lipinski definition) is 6. The first-order valence-corrected chi connectivity index (χ1v) is 8.16. The average molecular weight is 321 g/mol. The molecule has 0 fully saturated rings. The standard InChI is InChI=1S/C14H15N3O4S/c1-21-14(18)10-4-3-5-11(8-10)16-12-6-7-13(15-9-12)17-22(2,19)20/h3-9,16H,1-2H3,(H,15,17). The highest BCUT2D eigenvalue weighted by molar-refractivity contribution is 7.92. The number of sulfonamides is 1. The van der Waals surface area contributed by atoms with Gasteiger partial charge in [-0.1, -0.05) is 6.07 Å². The van der Waals surface area contributed by atoms with Gasteiger partial charge in [-0.25, -0.2) is 18.2 Å². The summed E-state index contributed by atoms with van der Waals surface area (Å²) in [4.78, 5) is 15.5. The summed E-state index contributed by atoms with van der Waals surface area (Å²) < 4.78 is 29.1. The van der Waals surface area contributed by atoms with Crippen LogP contribution in [0.5, 0.6) is 0 Å². The van der Waals surface area contributed by atoms with Gasteiger partial charge in [-0.3, -0.25) is 4.72 Å². The van der Waals surface area contributed by atoms with Gasteiger partial charge in [-0.2, -0.15) is 0 Å². The van der Waals surface area contributed by atoms with E-state index in [0.29, 0.717) is 16.9 Å². The monoisotopic (exact) mass is 321 g/mol. The second-order valence-corrected chi connectivity index (χ2v) is 6.25. The van der Waals surface area contributed by atoms with Gasteiger partial charge in [0.15, 0.2) is 0 Å². The number of benzene rings is 1. The molecule has 1 aromatic heterocycles. The molecule has 7 nitrogen and oxygen atoms in total. The van der Waals surface area contributed by atoms with Crippen LogP contribution >= 0.6 is 0 Å². The Morgan fingerprint density at radius 1 is 1.18 bits per heavy atom. The van der Waals surface area contributed by atoms with Gasteiger partial charge in [0.05, 0.1) is 30.8 Å². The lowest BCUT2D eigenvalue weighted by Crippen LogP contribution is -2.10. The zero-order valence-electron chi connectivity index (χ0n) is 12.0. The number of aromatic nitrogens is 1. The van der Waals surface area contributed by atoms with E-state index >= 15 is 0 Å². The van der Waals surface area contributed by atoms with E-state index in [1.54, 1.807) is 30.3 Å². The summed E-state index contributed by atoms with van der Waals surface area (Å²) in [6, 6.07) is 10.0. The van der Waals surface area contributed by atoms with E-state index in [-0.39, 0.29) is 5.82 Å². The van der Waals surface area contributed by atoms with Crippen LogP contribution < -0.4 is 10.0 Å². The van der Waals surface area contributed by atoms with Crippen LogP contribution in [0, 0.1) is 0 Å². The quantitative estimate of drug-likeness (QED) is 0.817. The highest BCUT2D eigenvalue weighted by atomic mass is 32.2. The SMILES string of the molecule is COC(=O)c1cccc(Nc2ccc(NS(C)(=O)=O)nc2)c1. The minimum atomic E-state index is -3.35. The number of carbonyl (C=O) groups excluding carboxylic acids is 1.